The Morgan fingerprint density at radius 3 is 2.64 bits per heavy atom. The Balaban J connectivity index is 1.72. The summed E-state index contributed by atoms with van der Waals surface area (Å²) in [6, 6.07) is 4.54. The first-order valence-electron chi connectivity index (χ1n) is 9.43. The summed E-state index contributed by atoms with van der Waals surface area (Å²) in [7, 11) is 0.123. The van der Waals surface area contributed by atoms with Gasteiger partial charge in [-0.05, 0) is 50.6 Å². The maximum atomic E-state index is 13.2. The summed E-state index contributed by atoms with van der Waals surface area (Å²) in [6.45, 7) is 2.06. The molecular formula is C19H24FN5O2S. The van der Waals surface area contributed by atoms with Crippen molar-refractivity contribution < 1.29 is 12.8 Å². The highest BCUT2D eigenvalue weighted by atomic mass is 32.2. The van der Waals surface area contributed by atoms with Crippen LogP contribution in [0.1, 0.15) is 36.0 Å². The van der Waals surface area contributed by atoms with Gasteiger partial charge in [0.05, 0.1) is 16.6 Å². The Hall–Kier alpha value is -2.10. The van der Waals surface area contributed by atoms with Gasteiger partial charge in [-0.15, -0.1) is 0 Å². The number of hydrogen-bond donors (Lipinski definition) is 1. The summed E-state index contributed by atoms with van der Waals surface area (Å²) in [5.41, 5.74) is 2.06. The zero-order valence-electron chi connectivity index (χ0n) is 16.0. The quantitative estimate of drug-likeness (QED) is 0.840. The highest BCUT2D eigenvalue weighted by molar-refractivity contribution is 7.89. The lowest BCUT2D eigenvalue weighted by Gasteiger charge is -2.28. The minimum Gasteiger partial charge on any atom is -0.373 e. The lowest BCUT2D eigenvalue weighted by molar-refractivity contribution is 0.304. The largest absolute Gasteiger partial charge is 0.373 e. The molecule has 1 atom stereocenters. The van der Waals surface area contributed by atoms with Gasteiger partial charge in [-0.1, -0.05) is 0 Å². The van der Waals surface area contributed by atoms with Crippen LogP contribution in [-0.2, 0) is 23.0 Å². The van der Waals surface area contributed by atoms with Crippen LogP contribution in [0.25, 0.3) is 0 Å². The minimum atomic E-state index is -3.75. The summed E-state index contributed by atoms with van der Waals surface area (Å²) < 4.78 is 41.0. The van der Waals surface area contributed by atoms with Gasteiger partial charge in [0.25, 0.3) is 0 Å². The van der Waals surface area contributed by atoms with E-state index in [1.54, 1.807) is 0 Å². The molecule has 0 bridgehead atoms. The van der Waals surface area contributed by atoms with Crippen LogP contribution in [0.3, 0.4) is 0 Å². The van der Waals surface area contributed by atoms with Gasteiger partial charge in [-0.3, -0.25) is 0 Å². The molecule has 28 heavy (non-hydrogen) atoms. The molecular weight excluding hydrogens is 381 g/mol. The first-order chi connectivity index (χ1) is 13.4. The number of anilines is 1. The third-order valence-electron chi connectivity index (χ3n) is 5.43. The SMILES string of the molecule is CNc1nc([C@@H]2CCCN2S(=O)(=O)c2ccc(F)cc2)nc2c1CCN(C)C2. The molecule has 0 unspecified atom stereocenters. The number of rotatable bonds is 4. The number of aromatic nitrogens is 2. The molecule has 2 aliphatic rings. The number of benzene rings is 1. The number of likely N-dealkylation sites (N-methyl/N-ethyl adjacent to an activating group) is 1. The van der Waals surface area contributed by atoms with Crippen molar-refractivity contribution >= 4 is 15.8 Å². The van der Waals surface area contributed by atoms with Crippen LogP contribution >= 0.6 is 0 Å². The lowest BCUT2D eigenvalue weighted by Crippen LogP contribution is -2.33. The molecule has 3 heterocycles. The van der Waals surface area contributed by atoms with Crippen molar-refractivity contribution in [2.24, 2.45) is 0 Å². The molecule has 4 rings (SSSR count). The predicted molar refractivity (Wildman–Crippen MR) is 104 cm³/mol. The van der Waals surface area contributed by atoms with Crippen molar-refractivity contribution in [1.29, 1.82) is 0 Å². The standard InChI is InChI=1S/C19H24FN5O2S/c1-21-18-15-9-11-24(2)12-16(15)22-19(23-18)17-4-3-10-25(17)28(26,27)14-7-5-13(20)6-8-14/h5-8,17H,3-4,9-12H2,1-2H3,(H,21,22,23)/t17-/m0/s1. The molecule has 7 nitrogen and oxygen atoms in total. The molecule has 1 aromatic heterocycles. The van der Waals surface area contributed by atoms with Gasteiger partial charge in [0.2, 0.25) is 10.0 Å². The van der Waals surface area contributed by atoms with E-state index in [2.05, 4.69) is 15.2 Å². The fraction of sp³-hybridized carbons (Fsp3) is 0.474. The van der Waals surface area contributed by atoms with Crippen molar-refractivity contribution in [3.8, 4) is 0 Å². The summed E-state index contributed by atoms with van der Waals surface area (Å²) in [4.78, 5) is 11.7. The zero-order valence-corrected chi connectivity index (χ0v) is 16.8. The third kappa shape index (κ3) is 3.38. The zero-order chi connectivity index (χ0) is 19.9. The van der Waals surface area contributed by atoms with Gasteiger partial charge in [0.1, 0.15) is 17.5 Å². The van der Waals surface area contributed by atoms with Gasteiger partial charge >= 0.3 is 0 Å². The molecule has 1 aromatic carbocycles. The van der Waals surface area contributed by atoms with E-state index in [0.717, 1.165) is 43.0 Å². The van der Waals surface area contributed by atoms with Crippen LogP contribution in [-0.4, -0.2) is 54.8 Å². The monoisotopic (exact) mass is 405 g/mol. The Kier molecular flexibility index (Phi) is 5.07. The molecule has 0 saturated carbocycles. The Bertz CT molecular complexity index is 981. The summed E-state index contributed by atoms with van der Waals surface area (Å²) in [5.74, 6) is 0.846. The van der Waals surface area contributed by atoms with Crippen molar-refractivity contribution in [1.82, 2.24) is 19.2 Å². The Morgan fingerprint density at radius 1 is 1.18 bits per heavy atom. The number of fused-ring (bicyclic) bond motifs is 1. The van der Waals surface area contributed by atoms with Gasteiger partial charge in [-0.25, -0.2) is 22.8 Å². The van der Waals surface area contributed by atoms with E-state index in [1.807, 2.05) is 14.1 Å². The number of nitrogens with one attached hydrogen (secondary N) is 1. The Labute approximate surface area is 164 Å². The first kappa shape index (κ1) is 19.2. The van der Waals surface area contributed by atoms with Crippen LogP contribution < -0.4 is 5.32 Å². The molecule has 0 amide bonds. The number of sulfonamides is 1. The summed E-state index contributed by atoms with van der Waals surface area (Å²) in [5, 5.41) is 3.15. The van der Waals surface area contributed by atoms with E-state index < -0.39 is 21.9 Å². The number of halogens is 1. The van der Waals surface area contributed by atoms with Crippen LogP contribution in [0.15, 0.2) is 29.2 Å². The summed E-state index contributed by atoms with van der Waals surface area (Å²) in [6.07, 6.45) is 2.27. The van der Waals surface area contributed by atoms with Gasteiger partial charge in [0, 0.05) is 32.2 Å². The molecule has 0 aliphatic carbocycles. The second-order valence-electron chi connectivity index (χ2n) is 7.32. The van der Waals surface area contributed by atoms with E-state index in [0.29, 0.717) is 18.8 Å². The molecule has 9 heteroatoms. The smallest absolute Gasteiger partial charge is 0.243 e. The van der Waals surface area contributed by atoms with Crippen LogP contribution in [0.5, 0.6) is 0 Å². The molecule has 1 saturated heterocycles. The van der Waals surface area contributed by atoms with Crippen LogP contribution in [0, 0.1) is 5.82 Å². The molecule has 2 aliphatic heterocycles. The molecule has 1 N–H and O–H groups in total. The summed E-state index contributed by atoms with van der Waals surface area (Å²) >= 11 is 0. The van der Waals surface area contributed by atoms with Gasteiger partial charge in [0.15, 0.2) is 0 Å². The van der Waals surface area contributed by atoms with Gasteiger partial charge < -0.3 is 10.2 Å². The molecule has 0 spiro atoms. The first-order valence-corrected chi connectivity index (χ1v) is 10.9. The molecule has 1 fully saturated rings. The van der Waals surface area contributed by atoms with E-state index in [1.165, 1.54) is 28.6 Å². The second-order valence-corrected chi connectivity index (χ2v) is 9.21. The molecule has 150 valence electrons. The third-order valence-corrected chi connectivity index (χ3v) is 7.35. The number of hydrogen-bond acceptors (Lipinski definition) is 6. The van der Waals surface area contributed by atoms with Crippen molar-refractivity contribution in [3.63, 3.8) is 0 Å². The normalized spacial score (nSPS) is 20.9. The van der Waals surface area contributed by atoms with Crippen molar-refractivity contribution in [2.75, 3.05) is 32.5 Å². The second kappa shape index (κ2) is 7.38. The van der Waals surface area contributed by atoms with E-state index in [-0.39, 0.29) is 4.90 Å². The average Bonchev–Trinajstić information content (AvgIpc) is 3.18. The molecule has 2 aromatic rings. The van der Waals surface area contributed by atoms with Crippen LogP contribution in [0.4, 0.5) is 10.2 Å². The van der Waals surface area contributed by atoms with Gasteiger partial charge in [-0.2, -0.15) is 4.31 Å². The number of nitrogens with zero attached hydrogens (tertiary/aromatic N) is 4. The topological polar surface area (TPSA) is 78.4 Å². The highest BCUT2D eigenvalue weighted by Gasteiger charge is 2.38. The maximum Gasteiger partial charge on any atom is 0.243 e. The van der Waals surface area contributed by atoms with Crippen molar-refractivity contribution in [3.05, 3.63) is 47.2 Å². The lowest BCUT2D eigenvalue weighted by atomic mass is 10.1. The Morgan fingerprint density at radius 2 is 1.93 bits per heavy atom. The maximum absolute atomic E-state index is 13.2. The average molecular weight is 405 g/mol. The predicted octanol–water partition coefficient (Wildman–Crippen LogP) is 2.17. The fourth-order valence-corrected chi connectivity index (χ4v) is 5.62. The van der Waals surface area contributed by atoms with E-state index in [9.17, 15) is 12.8 Å². The van der Waals surface area contributed by atoms with Crippen molar-refractivity contribution in [2.45, 2.75) is 36.7 Å². The van der Waals surface area contributed by atoms with Crippen LogP contribution in [0.2, 0.25) is 0 Å². The molecule has 0 radical (unpaired) electrons. The minimum absolute atomic E-state index is 0.0901. The fourth-order valence-electron chi connectivity index (χ4n) is 3.96. The van der Waals surface area contributed by atoms with E-state index >= 15 is 0 Å². The van der Waals surface area contributed by atoms with E-state index in [4.69, 9.17) is 4.98 Å². The highest BCUT2D eigenvalue weighted by Crippen LogP contribution is 2.36.